The first-order chi connectivity index (χ1) is 8.29. The average molecular weight is 252 g/mol. The summed E-state index contributed by atoms with van der Waals surface area (Å²) < 4.78 is 1.89. The molecule has 0 saturated carbocycles. The number of carbonyl (C=O) groups excluding carboxylic acids is 1. The molecule has 0 fully saturated rings. The van der Waals surface area contributed by atoms with Crippen molar-refractivity contribution in [3.63, 3.8) is 0 Å². The van der Waals surface area contributed by atoms with Gasteiger partial charge in [0, 0.05) is 31.9 Å². The minimum atomic E-state index is -0.528. The average Bonchev–Trinajstić information content (AvgIpc) is 2.61. The van der Waals surface area contributed by atoms with E-state index in [-0.39, 0.29) is 11.3 Å². The first-order valence-electron chi connectivity index (χ1n) is 6.35. The van der Waals surface area contributed by atoms with E-state index in [1.54, 1.807) is 0 Å². The van der Waals surface area contributed by atoms with Crippen LogP contribution in [0, 0.1) is 5.41 Å². The Kier molecular flexibility index (Phi) is 4.96. The fourth-order valence-corrected chi connectivity index (χ4v) is 1.86. The second kappa shape index (κ2) is 6.05. The third-order valence-corrected chi connectivity index (χ3v) is 2.76. The molecule has 1 atom stereocenters. The van der Waals surface area contributed by atoms with Crippen molar-refractivity contribution in [3.8, 4) is 0 Å². The van der Waals surface area contributed by atoms with Gasteiger partial charge in [-0.25, -0.2) is 0 Å². The topological polar surface area (TPSA) is 54.3 Å². The van der Waals surface area contributed by atoms with Gasteiger partial charge in [0.2, 0.25) is 5.91 Å². The highest BCUT2D eigenvalue weighted by Gasteiger charge is 2.16. The summed E-state index contributed by atoms with van der Waals surface area (Å²) in [7, 11) is 1.90. The molecule has 0 bridgehead atoms. The van der Waals surface area contributed by atoms with E-state index in [0.29, 0.717) is 19.4 Å². The van der Waals surface area contributed by atoms with E-state index in [4.69, 9.17) is 0 Å². The normalized spacial score (nSPS) is 13.4. The van der Waals surface area contributed by atoms with Crippen LogP contribution in [0.25, 0.3) is 0 Å². The minimum absolute atomic E-state index is 0.000811. The molecule has 1 heterocycles. The minimum Gasteiger partial charge on any atom is -0.387 e. The quantitative estimate of drug-likeness (QED) is 0.842. The van der Waals surface area contributed by atoms with Crippen molar-refractivity contribution in [2.24, 2.45) is 12.5 Å². The van der Waals surface area contributed by atoms with Crippen LogP contribution in [0.4, 0.5) is 0 Å². The van der Waals surface area contributed by atoms with E-state index in [1.807, 2.05) is 50.7 Å². The fourth-order valence-electron chi connectivity index (χ4n) is 1.86. The van der Waals surface area contributed by atoms with Crippen LogP contribution in [0.2, 0.25) is 0 Å². The highest BCUT2D eigenvalue weighted by Crippen LogP contribution is 2.18. The lowest BCUT2D eigenvalue weighted by molar-refractivity contribution is -0.122. The first kappa shape index (κ1) is 14.8. The number of nitrogens with zero attached hydrogens (tertiary/aromatic N) is 1. The molecule has 4 nitrogen and oxygen atoms in total. The largest absolute Gasteiger partial charge is 0.387 e. The number of rotatable bonds is 5. The molecule has 0 aliphatic rings. The van der Waals surface area contributed by atoms with Crippen LogP contribution < -0.4 is 5.32 Å². The molecule has 0 aliphatic carbocycles. The molecule has 18 heavy (non-hydrogen) atoms. The monoisotopic (exact) mass is 252 g/mol. The van der Waals surface area contributed by atoms with Gasteiger partial charge in [0.25, 0.3) is 0 Å². The van der Waals surface area contributed by atoms with Crippen LogP contribution in [-0.4, -0.2) is 22.1 Å². The molecule has 1 rings (SSSR count). The molecule has 4 heteroatoms. The van der Waals surface area contributed by atoms with Gasteiger partial charge in [-0.15, -0.1) is 0 Å². The fraction of sp³-hybridized carbons (Fsp3) is 0.643. The number of aromatic nitrogens is 1. The Labute approximate surface area is 109 Å². The van der Waals surface area contributed by atoms with Crippen molar-refractivity contribution in [3.05, 3.63) is 24.0 Å². The lowest BCUT2D eigenvalue weighted by Crippen LogP contribution is -2.29. The number of aliphatic hydroxyl groups excluding tert-OH is 1. The zero-order valence-corrected chi connectivity index (χ0v) is 11.7. The molecular weight excluding hydrogens is 228 g/mol. The Morgan fingerprint density at radius 1 is 1.50 bits per heavy atom. The maximum Gasteiger partial charge on any atom is 0.220 e. The number of hydrogen-bond donors (Lipinski definition) is 2. The molecule has 0 aromatic carbocycles. The van der Waals surface area contributed by atoms with Crippen LogP contribution in [0.1, 0.15) is 45.4 Å². The maximum absolute atomic E-state index is 11.6. The Morgan fingerprint density at radius 3 is 2.67 bits per heavy atom. The van der Waals surface area contributed by atoms with Gasteiger partial charge in [0.15, 0.2) is 0 Å². The summed E-state index contributed by atoms with van der Waals surface area (Å²) >= 11 is 0. The highest BCUT2D eigenvalue weighted by molar-refractivity contribution is 5.76. The van der Waals surface area contributed by atoms with Crippen LogP contribution in [0.5, 0.6) is 0 Å². The summed E-state index contributed by atoms with van der Waals surface area (Å²) in [5.41, 5.74) is 0.876. The summed E-state index contributed by atoms with van der Waals surface area (Å²) in [6.07, 6.45) is 2.41. The van der Waals surface area contributed by atoms with Crippen LogP contribution >= 0.6 is 0 Å². The molecule has 0 radical (unpaired) electrons. The number of aryl methyl sites for hydroxylation is 1. The molecule has 1 amide bonds. The molecule has 1 aromatic heterocycles. The lowest BCUT2D eigenvalue weighted by atomic mass is 9.92. The van der Waals surface area contributed by atoms with Gasteiger partial charge in [-0.3, -0.25) is 4.79 Å². The van der Waals surface area contributed by atoms with E-state index in [0.717, 1.165) is 5.69 Å². The maximum atomic E-state index is 11.6. The number of amides is 1. The van der Waals surface area contributed by atoms with Crippen LogP contribution in [-0.2, 0) is 11.8 Å². The predicted molar refractivity (Wildman–Crippen MR) is 72.1 cm³/mol. The summed E-state index contributed by atoms with van der Waals surface area (Å²) in [6.45, 7) is 6.60. The van der Waals surface area contributed by atoms with Crippen molar-refractivity contribution in [2.75, 3.05) is 6.54 Å². The zero-order chi connectivity index (χ0) is 13.8. The smallest absolute Gasteiger partial charge is 0.220 e. The van der Waals surface area contributed by atoms with Crippen molar-refractivity contribution in [1.82, 2.24) is 9.88 Å². The van der Waals surface area contributed by atoms with Crippen molar-refractivity contribution in [1.29, 1.82) is 0 Å². The SMILES string of the molecule is Cn1cccc1C(O)CCNC(=O)CC(C)(C)C. The Balaban J connectivity index is 2.30. The van der Waals surface area contributed by atoms with Crippen LogP contribution in [0.3, 0.4) is 0 Å². The van der Waals surface area contributed by atoms with Gasteiger partial charge in [0.05, 0.1) is 6.10 Å². The van der Waals surface area contributed by atoms with Crippen molar-refractivity contribution < 1.29 is 9.90 Å². The third-order valence-electron chi connectivity index (χ3n) is 2.76. The predicted octanol–water partition coefficient (Wildman–Crippen LogP) is 2.00. The van der Waals surface area contributed by atoms with Gasteiger partial charge in [-0.2, -0.15) is 0 Å². The molecule has 2 N–H and O–H groups in total. The summed E-state index contributed by atoms with van der Waals surface area (Å²) in [6, 6.07) is 3.79. The van der Waals surface area contributed by atoms with Crippen molar-refractivity contribution in [2.45, 2.75) is 39.7 Å². The van der Waals surface area contributed by atoms with E-state index < -0.39 is 6.10 Å². The highest BCUT2D eigenvalue weighted by atomic mass is 16.3. The Morgan fingerprint density at radius 2 is 2.17 bits per heavy atom. The molecule has 0 saturated heterocycles. The molecule has 1 unspecified atom stereocenters. The van der Waals surface area contributed by atoms with Crippen molar-refractivity contribution >= 4 is 5.91 Å². The Bertz CT molecular complexity index is 391. The lowest BCUT2D eigenvalue weighted by Gasteiger charge is -2.18. The van der Waals surface area contributed by atoms with E-state index in [9.17, 15) is 9.90 Å². The summed E-state index contributed by atoms with van der Waals surface area (Å²) in [5.74, 6) is 0.0431. The van der Waals surface area contributed by atoms with E-state index >= 15 is 0 Å². The standard InChI is InChI=1S/C14H24N2O2/c1-14(2,3)10-13(18)15-8-7-12(17)11-6-5-9-16(11)4/h5-6,9,12,17H,7-8,10H2,1-4H3,(H,15,18). The zero-order valence-electron chi connectivity index (χ0n) is 11.7. The van der Waals surface area contributed by atoms with E-state index in [2.05, 4.69) is 5.32 Å². The molecule has 0 aliphatic heterocycles. The number of hydrogen-bond acceptors (Lipinski definition) is 2. The number of nitrogens with one attached hydrogen (secondary N) is 1. The van der Waals surface area contributed by atoms with Gasteiger partial charge < -0.3 is 15.0 Å². The molecule has 102 valence electrons. The van der Waals surface area contributed by atoms with Gasteiger partial charge in [-0.1, -0.05) is 20.8 Å². The van der Waals surface area contributed by atoms with E-state index in [1.165, 1.54) is 0 Å². The second-order valence-electron chi connectivity index (χ2n) is 5.94. The van der Waals surface area contributed by atoms with Gasteiger partial charge in [0.1, 0.15) is 0 Å². The summed E-state index contributed by atoms with van der Waals surface area (Å²) in [4.78, 5) is 11.6. The number of carbonyl (C=O) groups is 1. The molecular formula is C14H24N2O2. The van der Waals surface area contributed by atoms with Gasteiger partial charge >= 0.3 is 0 Å². The third kappa shape index (κ3) is 4.92. The van der Waals surface area contributed by atoms with Crippen LogP contribution in [0.15, 0.2) is 18.3 Å². The molecule has 1 aromatic rings. The van der Waals surface area contributed by atoms with Gasteiger partial charge in [-0.05, 0) is 24.0 Å². The second-order valence-corrected chi connectivity index (χ2v) is 5.94. The molecule has 0 spiro atoms. The first-order valence-corrected chi connectivity index (χ1v) is 6.35. The number of aliphatic hydroxyl groups is 1. The Hall–Kier alpha value is -1.29. The summed E-state index contributed by atoms with van der Waals surface area (Å²) in [5, 5.41) is 12.8.